The Morgan fingerprint density at radius 1 is 1.36 bits per heavy atom. The molecule has 0 aliphatic carbocycles. The standard InChI is InChI=1S/C11H20N2O/c1-8(2)4-11(14)13-9-5-10(13)7-12(3)6-9/h8-10H,4-7H2,1-3H3. The van der Waals surface area contributed by atoms with Gasteiger partial charge in [-0.1, -0.05) is 13.8 Å². The smallest absolute Gasteiger partial charge is 0.223 e. The number of amides is 1. The van der Waals surface area contributed by atoms with Crippen molar-refractivity contribution in [3.63, 3.8) is 0 Å². The fourth-order valence-electron chi connectivity index (χ4n) is 2.68. The first-order valence-corrected chi connectivity index (χ1v) is 5.57. The van der Waals surface area contributed by atoms with E-state index in [2.05, 4.69) is 30.7 Å². The van der Waals surface area contributed by atoms with E-state index in [9.17, 15) is 4.79 Å². The van der Waals surface area contributed by atoms with Gasteiger partial charge in [-0.05, 0) is 19.4 Å². The molecule has 0 aromatic rings. The van der Waals surface area contributed by atoms with Crippen LogP contribution >= 0.6 is 0 Å². The third kappa shape index (κ3) is 1.65. The first-order valence-electron chi connectivity index (χ1n) is 5.57. The zero-order valence-corrected chi connectivity index (χ0v) is 9.36. The van der Waals surface area contributed by atoms with Crippen LogP contribution in [0.25, 0.3) is 0 Å². The Bertz CT molecular complexity index is 227. The van der Waals surface area contributed by atoms with Gasteiger partial charge in [-0.2, -0.15) is 0 Å². The van der Waals surface area contributed by atoms with Gasteiger partial charge in [-0.3, -0.25) is 4.79 Å². The summed E-state index contributed by atoms with van der Waals surface area (Å²) in [5.41, 5.74) is 0. The Morgan fingerprint density at radius 3 is 2.43 bits per heavy atom. The minimum Gasteiger partial charge on any atom is -0.334 e. The Kier molecular flexibility index (Phi) is 2.52. The topological polar surface area (TPSA) is 23.6 Å². The molecule has 3 fully saturated rings. The van der Waals surface area contributed by atoms with Crippen molar-refractivity contribution in [1.29, 1.82) is 0 Å². The van der Waals surface area contributed by atoms with Crippen molar-refractivity contribution in [3.05, 3.63) is 0 Å². The predicted octanol–water partition coefficient (Wildman–Crippen LogP) is 0.947. The normalized spacial score (nSPS) is 31.9. The Labute approximate surface area is 86.1 Å². The highest BCUT2D eigenvalue weighted by atomic mass is 16.2. The number of piperazine rings is 1. The minimum absolute atomic E-state index is 0.370. The van der Waals surface area contributed by atoms with E-state index in [4.69, 9.17) is 0 Å². The van der Waals surface area contributed by atoms with Crippen LogP contribution in [0, 0.1) is 5.92 Å². The lowest BCUT2D eigenvalue weighted by molar-refractivity contribution is -0.153. The second-order valence-corrected chi connectivity index (χ2v) is 5.16. The van der Waals surface area contributed by atoms with Crippen LogP contribution in [0.4, 0.5) is 0 Å². The lowest BCUT2D eigenvalue weighted by Gasteiger charge is -2.55. The van der Waals surface area contributed by atoms with Crippen LogP contribution in [0.5, 0.6) is 0 Å². The maximum Gasteiger partial charge on any atom is 0.223 e. The molecule has 3 heterocycles. The maximum absolute atomic E-state index is 11.9. The number of nitrogens with zero attached hydrogens (tertiary/aromatic N) is 2. The number of hydrogen-bond acceptors (Lipinski definition) is 2. The molecule has 3 aliphatic rings. The molecule has 0 aromatic carbocycles. The number of carbonyl (C=O) groups is 1. The van der Waals surface area contributed by atoms with Crippen molar-refractivity contribution in [2.24, 2.45) is 5.92 Å². The lowest BCUT2D eigenvalue weighted by Crippen LogP contribution is -2.69. The van der Waals surface area contributed by atoms with Gasteiger partial charge in [0.05, 0.1) is 0 Å². The van der Waals surface area contributed by atoms with Gasteiger partial charge >= 0.3 is 0 Å². The number of piperidine rings is 1. The summed E-state index contributed by atoms with van der Waals surface area (Å²) in [6.07, 6.45) is 1.95. The molecule has 2 bridgehead atoms. The molecular formula is C11H20N2O. The number of carbonyl (C=O) groups excluding carboxylic acids is 1. The van der Waals surface area contributed by atoms with Crippen LogP contribution in [-0.4, -0.2) is 47.9 Å². The SMILES string of the molecule is CC(C)CC(=O)N1C2CC1CN(C)C2. The quantitative estimate of drug-likeness (QED) is 0.656. The van der Waals surface area contributed by atoms with Crippen molar-refractivity contribution in [2.75, 3.05) is 20.1 Å². The molecular weight excluding hydrogens is 176 g/mol. The maximum atomic E-state index is 11.9. The molecule has 2 atom stereocenters. The van der Waals surface area contributed by atoms with E-state index >= 15 is 0 Å². The molecule has 0 spiro atoms. The summed E-state index contributed by atoms with van der Waals surface area (Å²) in [5, 5.41) is 0. The largest absolute Gasteiger partial charge is 0.334 e. The van der Waals surface area contributed by atoms with E-state index in [0.29, 0.717) is 23.9 Å². The van der Waals surface area contributed by atoms with Gasteiger partial charge in [0, 0.05) is 31.6 Å². The minimum atomic E-state index is 0.370. The molecule has 0 radical (unpaired) electrons. The van der Waals surface area contributed by atoms with Crippen LogP contribution in [0.3, 0.4) is 0 Å². The van der Waals surface area contributed by atoms with Crippen molar-refractivity contribution < 1.29 is 4.79 Å². The summed E-state index contributed by atoms with van der Waals surface area (Å²) in [6, 6.07) is 1.04. The zero-order chi connectivity index (χ0) is 10.3. The highest BCUT2D eigenvalue weighted by Crippen LogP contribution is 2.32. The molecule has 3 heteroatoms. The number of fused-ring (bicyclic) bond motifs is 2. The van der Waals surface area contributed by atoms with Crippen LogP contribution in [0.1, 0.15) is 26.7 Å². The van der Waals surface area contributed by atoms with E-state index < -0.39 is 0 Å². The third-order valence-electron chi connectivity index (χ3n) is 3.25. The highest BCUT2D eigenvalue weighted by Gasteiger charge is 2.45. The molecule has 3 aliphatic heterocycles. The van der Waals surface area contributed by atoms with Crippen LogP contribution in [0.2, 0.25) is 0 Å². The van der Waals surface area contributed by atoms with Gasteiger partial charge in [-0.25, -0.2) is 0 Å². The molecule has 0 aromatic heterocycles. The Morgan fingerprint density at radius 2 is 1.93 bits per heavy atom. The first-order chi connectivity index (χ1) is 6.58. The van der Waals surface area contributed by atoms with Gasteiger partial charge in [0.2, 0.25) is 5.91 Å². The van der Waals surface area contributed by atoms with E-state index in [-0.39, 0.29) is 0 Å². The fourth-order valence-corrected chi connectivity index (χ4v) is 2.68. The Balaban J connectivity index is 1.91. The molecule has 3 saturated heterocycles. The molecule has 0 N–H and O–H groups in total. The van der Waals surface area contributed by atoms with Crippen LogP contribution in [-0.2, 0) is 4.79 Å². The summed E-state index contributed by atoms with van der Waals surface area (Å²) < 4.78 is 0. The second-order valence-electron chi connectivity index (χ2n) is 5.16. The summed E-state index contributed by atoms with van der Waals surface area (Å²) >= 11 is 0. The van der Waals surface area contributed by atoms with Crippen LogP contribution in [0.15, 0.2) is 0 Å². The molecule has 3 rings (SSSR count). The average molecular weight is 196 g/mol. The van der Waals surface area contributed by atoms with Crippen molar-refractivity contribution in [2.45, 2.75) is 38.8 Å². The monoisotopic (exact) mass is 196 g/mol. The number of hydrogen-bond donors (Lipinski definition) is 0. The van der Waals surface area contributed by atoms with Crippen molar-refractivity contribution in [3.8, 4) is 0 Å². The van der Waals surface area contributed by atoms with E-state index in [1.807, 2.05) is 0 Å². The summed E-state index contributed by atoms with van der Waals surface area (Å²) in [6.45, 7) is 6.36. The second kappa shape index (κ2) is 3.54. The molecule has 3 nitrogen and oxygen atoms in total. The van der Waals surface area contributed by atoms with Gasteiger partial charge in [-0.15, -0.1) is 0 Å². The summed E-state index contributed by atoms with van der Waals surface area (Å²) in [5.74, 6) is 0.857. The van der Waals surface area contributed by atoms with Gasteiger partial charge < -0.3 is 9.80 Å². The first kappa shape index (κ1) is 9.97. The number of rotatable bonds is 2. The molecule has 0 saturated carbocycles. The summed E-state index contributed by atoms with van der Waals surface area (Å²) in [7, 11) is 2.14. The van der Waals surface area contributed by atoms with E-state index in [1.54, 1.807) is 0 Å². The molecule has 2 unspecified atom stereocenters. The summed E-state index contributed by atoms with van der Waals surface area (Å²) in [4.78, 5) is 16.3. The van der Waals surface area contributed by atoms with E-state index in [1.165, 1.54) is 6.42 Å². The average Bonchev–Trinajstić information content (AvgIpc) is 2.00. The van der Waals surface area contributed by atoms with Crippen molar-refractivity contribution >= 4 is 5.91 Å². The van der Waals surface area contributed by atoms with Gasteiger partial charge in [0.25, 0.3) is 0 Å². The third-order valence-corrected chi connectivity index (χ3v) is 3.25. The number of likely N-dealkylation sites (N-methyl/N-ethyl adjacent to an activating group) is 1. The molecule has 80 valence electrons. The highest BCUT2D eigenvalue weighted by molar-refractivity contribution is 5.78. The zero-order valence-electron chi connectivity index (χ0n) is 9.36. The van der Waals surface area contributed by atoms with E-state index in [0.717, 1.165) is 19.5 Å². The van der Waals surface area contributed by atoms with Gasteiger partial charge in [0.15, 0.2) is 0 Å². The van der Waals surface area contributed by atoms with Gasteiger partial charge in [0.1, 0.15) is 0 Å². The molecule has 14 heavy (non-hydrogen) atoms. The van der Waals surface area contributed by atoms with Crippen LogP contribution < -0.4 is 0 Å². The molecule has 1 amide bonds. The fraction of sp³-hybridized carbons (Fsp3) is 0.909. The lowest BCUT2D eigenvalue weighted by atomic mass is 9.87. The Hall–Kier alpha value is -0.570. The predicted molar refractivity (Wildman–Crippen MR) is 56.0 cm³/mol. The van der Waals surface area contributed by atoms with Crippen molar-refractivity contribution in [1.82, 2.24) is 9.80 Å².